The van der Waals surface area contributed by atoms with Crippen molar-refractivity contribution >= 4 is 40.7 Å². The van der Waals surface area contributed by atoms with Gasteiger partial charge in [-0.1, -0.05) is 12.1 Å². The number of nitrogens with one attached hydrogen (secondary N) is 2. The molecule has 218 valence electrons. The Morgan fingerprint density at radius 2 is 1.93 bits per heavy atom. The molecule has 7 nitrogen and oxygen atoms in total. The van der Waals surface area contributed by atoms with Crippen LogP contribution in [0.15, 0.2) is 41.8 Å². The van der Waals surface area contributed by atoms with E-state index in [2.05, 4.69) is 43.5 Å². The van der Waals surface area contributed by atoms with Crippen LogP contribution in [0.5, 0.6) is 17.2 Å². The smallest absolute Gasteiger partial charge is 0.172 e. The van der Waals surface area contributed by atoms with Crippen LogP contribution >= 0.6 is 11.3 Å². The van der Waals surface area contributed by atoms with Gasteiger partial charge in [0.05, 0.1) is 18.2 Å². The van der Waals surface area contributed by atoms with Crippen LogP contribution in [0, 0.1) is 0 Å². The van der Waals surface area contributed by atoms with Crippen molar-refractivity contribution in [3.8, 4) is 28.4 Å². The van der Waals surface area contributed by atoms with Gasteiger partial charge in [0.25, 0.3) is 0 Å². The van der Waals surface area contributed by atoms with Crippen molar-refractivity contribution < 1.29 is 24.1 Å². The Bertz CT molecular complexity index is 1450. The van der Waals surface area contributed by atoms with Crippen LogP contribution in [0.1, 0.15) is 66.9 Å². The molecule has 0 bridgehead atoms. The summed E-state index contributed by atoms with van der Waals surface area (Å²) in [6, 6.07) is 9.20. The lowest BCUT2D eigenvalue weighted by Crippen LogP contribution is -2.32. The quantitative estimate of drug-likeness (QED) is 0.180. The second kappa shape index (κ2) is 13.4. The van der Waals surface area contributed by atoms with Crippen molar-refractivity contribution in [2.45, 2.75) is 46.1 Å². The number of rotatable bonds is 9. The first-order valence-electron chi connectivity index (χ1n) is 13.9. The highest BCUT2D eigenvalue weighted by atomic mass is 32.1. The number of hydrogen-bond acceptors (Lipinski definition) is 8. The maximum atomic E-state index is 11.5. The molecule has 0 saturated heterocycles. The molecule has 0 unspecified atom stereocenters. The molecule has 0 aliphatic carbocycles. The Morgan fingerprint density at radius 3 is 2.63 bits per heavy atom. The summed E-state index contributed by atoms with van der Waals surface area (Å²) in [5.74, 6) is 1.67. The third kappa shape index (κ3) is 6.67. The molecule has 0 fully saturated rings. The molecule has 0 amide bonds. The van der Waals surface area contributed by atoms with E-state index in [1.54, 1.807) is 18.2 Å². The van der Waals surface area contributed by atoms with Crippen molar-refractivity contribution in [1.29, 1.82) is 0 Å². The summed E-state index contributed by atoms with van der Waals surface area (Å²) < 4.78 is 17.1. The van der Waals surface area contributed by atoms with Crippen LogP contribution in [0.4, 0.5) is 5.69 Å². The summed E-state index contributed by atoms with van der Waals surface area (Å²) >= 11 is 1.49. The van der Waals surface area contributed by atoms with Crippen molar-refractivity contribution in [3.05, 3.63) is 63.4 Å². The van der Waals surface area contributed by atoms with E-state index in [1.807, 2.05) is 31.5 Å². The summed E-state index contributed by atoms with van der Waals surface area (Å²) in [4.78, 5) is 12.4. The number of unbranched alkanes of at least 4 members (excludes halogenated alkanes) is 1. The fourth-order valence-electron chi connectivity index (χ4n) is 5.26. The highest BCUT2D eigenvalue weighted by molar-refractivity contribution is 7.11. The van der Waals surface area contributed by atoms with Gasteiger partial charge in [-0.05, 0) is 95.4 Å². The van der Waals surface area contributed by atoms with Crippen LogP contribution in [0.3, 0.4) is 0 Å². The predicted molar refractivity (Wildman–Crippen MR) is 169 cm³/mol. The molecule has 3 N–H and O–H groups in total. The van der Waals surface area contributed by atoms with Crippen LogP contribution in [0.25, 0.3) is 28.5 Å². The van der Waals surface area contributed by atoms with Crippen molar-refractivity contribution in [2.24, 2.45) is 0 Å². The molecule has 2 aliphatic heterocycles. The number of allylic oxidation sites excluding steroid dienone is 1. The van der Waals surface area contributed by atoms with Gasteiger partial charge in [-0.2, -0.15) is 0 Å². The zero-order valence-electron chi connectivity index (χ0n) is 24.7. The van der Waals surface area contributed by atoms with Crippen molar-refractivity contribution in [1.82, 2.24) is 5.32 Å². The van der Waals surface area contributed by atoms with Gasteiger partial charge in [-0.25, -0.2) is 0 Å². The third-order valence-corrected chi connectivity index (χ3v) is 7.84. The minimum absolute atomic E-state index is 0.0546. The number of carbonyl (C=O) groups excluding carboxylic acids is 1. The van der Waals surface area contributed by atoms with E-state index in [0.717, 1.165) is 58.9 Å². The Kier molecular flexibility index (Phi) is 9.91. The number of fused-ring (bicyclic) bond motifs is 5. The Labute approximate surface area is 246 Å². The molecule has 2 aliphatic rings. The molecule has 0 radical (unpaired) electrons. The number of ether oxygens (including phenoxy) is 3. The Balaban J connectivity index is 0.000000374. The average Bonchev–Trinajstić information content (AvgIpc) is 3.39. The molecule has 3 heterocycles. The van der Waals surface area contributed by atoms with Gasteiger partial charge in [-0.15, -0.1) is 11.3 Å². The number of aromatic hydroxyl groups is 1. The molecule has 5 rings (SSSR count). The molecule has 0 saturated carbocycles. The number of aldehydes is 1. The van der Waals surface area contributed by atoms with E-state index in [0.29, 0.717) is 28.4 Å². The summed E-state index contributed by atoms with van der Waals surface area (Å²) in [5.41, 5.74) is 6.13. The fraction of sp³-hybridized carbons (Fsp3) is 0.364. The molecular formula is C33H40N2O5S. The lowest BCUT2D eigenvalue weighted by molar-refractivity contribution is 0.112. The maximum absolute atomic E-state index is 11.5. The number of phenols is 1. The number of methoxy groups -OCH3 is 1. The van der Waals surface area contributed by atoms with Gasteiger partial charge in [0.1, 0.15) is 11.5 Å². The molecule has 0 spiro atoms. The lowest BCUT2D eigenvalue weighted by Gasteiger charge is -2.35. The normalized spacial score (nSPS) is 15.3. The van der Waals surface area contributed by atoms with Crippen molar-refractivity contribution in [2.75, 3.05) is 39.2 Å². The Morgan fingerprint density at radius 1 is 1.12 bits per heavy atom. The highest BCUT2D eigenvalue weighted by Gasteiger charge is 2.33. The Hall–Kier alpha value is -3.59. The highest BCUT2D eigenvalue weighted by Crippen LogP contribution is 2.54. The minimum atomic E-state index is -0.184. The molecule has 0 atom stereocenters. The fourth-order valence-corrected chi connectivity index (χ4v) is 6.05. The predicted octanol–water partition coefficient (Wildman–Crippen LogP) is 7.46. The molecular weight excluding hydrogens is 536 g/mol. The van der Waals surface area contributed by atoms with E-state index < -0.39 is 0 Å². The minimum Gasteiger partial charge on any atom is -0.504 e. The number of carbonyl (C=O) groups is 1. The summed E-state index contributed by atoms with van der Waals surface area (Å²) in [5, 5.41) is 19.0. The first kappa shape index (κ1) is 30.4. The lowest BCUT2D eigenvalue weighted by atomic mass is 9.83. The van der Waals surface area contributed by atoms with Gasteiger partial charge in [0.2, 0.25) is 0 Å². The topological polar surface area (TPSA) is 89.0 Å². The van der Waals surface area contributed by atoms with Gasteiger partial charge < -0.3 is 30.0 Å². The number of thiophene rings is 1. The van der Waals surface area contributed by atoms with Gasteiger partial charge in [0.15, 0.2) is 17.8 Å². The van der Waals surface area contributed by atoms with E-state index in [9.17, 15) is 9.90 Å². The standard InChI is InChI=1S/C26H23NO4S.C7H17NO/c1-14-12-26(2,3)27-17-6-5-16-23(22(14)17)20(11-21-15(13-28)9-10-32-21)31-19-8-7-18(29)25(30-4)24(16)19;1-3-9-7-5-4-6-8-2/h5-13,27,29H,1-4H3;8H,3-7H2,1-2H3/b20-11-;. The largest absolute Gasteiger partial charge is 0.504 e. The van der Waals surface area contributed by atoms with Crippen molar-refractivity contribution in [3.63, 3.8) is 0 Å². The first-order valence-corrected chi connectivity index (χ1v) is 14.8. The maximum Gasteiger partial charge on any atom is 0.172 e. The van der Waals surface area contributed by atoms with E-state index in [-0.39, 0.29) is 11.3 Å². The monoisotopic (exact) mass is 576 g/mol. The van der Waals surface area contributed by atoms with Crippen LogP contribution in [-0.4, -0.2) is 50.8 Å². The second-order valence-corrected chi connectivity index (χ2v) is 11.5. The second-order valence-electron chi connectivity index (χ2n) is 10.6. The molecule has 2 aromatic carbocycles. The van der Waals surface area contributed by atoms with E-state index in [1.165, 1.54) is 31.3 Å². The zero-order valence-corrected chi connectivity index (χ0v) is 25.5. The molecule has 3 aromatic rings. The number of hydrogen-bond donors (Lipinski definition) is 3. The molecule has 41 heavy (non-hydrogen) atoms. The summed E-state index contributed by atoms with van der Waals surface area (Å²) in [6.45, 7) is 11.2. The van der Waals surface area contributed by atoms with Crippen LogP contribution in [0.2, 0.25) is 0 Å². The number of phenolic OH excluding ortho intramolecular Hbond substituents is 1. The van der Waals surface area contributed by atoms with Crippen LogP contribution in [-0.2, 0) is 4.74 Å². The van der Waals surface area contributed by atoms with Gasteiger partial charge in [-0.3, -0.25) is 4.79 Å². The summed E-state index contributed by atoms with van der Waals surface area (Å²) in [6.07, 6.45) is 7.37. The third-order valence-electron chi connectivity index (χ3n) is 6.96. The number of anilines is 1. The van der Waals surface area contributed by atoms with Crippen LogP contribution < -0.4 is 20.1 Å². The van der Waals surface area contributed by atoms with Gasteiger partial charge >= 0.3 is 0 Å². The van der Waals surface area contributed by atoms with E-state index in [4.69, 9.17) is 14.2 Å². The first-order chi connectivity index (χ1) is 19.7. The molecule has 1 aromatic heterocycles. The summed E-state index contributed by atoms with van der Waals surface area (Å²) in [7, 11) is 3.51. The SMILES string of the molecule is CCOCCCCNC.COc1c(O)ccc2c1-c1ccc3c(c1/C(=C/c1sccc1C=O)O2)C(C)=CC(C)(C)N3. The van der Waals surface area contributed by atoms with E-state index >= 15 is 0 Å². The zero-order chi connectivity index (χ0) is 29.6. The average molecular weight is 577 g/mol. The number of benzene rings is 2. The van der Waals surface area contributed by atoms with Gasteiger partial charge in [0, 0.05) is 46.0 Å². The molecule has 8 heteroatoms.